The minimum absolute atomic E-state index is 0.0647. The Morgan fingerprint density at radius 3 is 3.17 bits per heavy atom. The van der Waals surface area contributed by atoms with Crippen LogP contribution in [0.4, 0.5) is 0 Å². The van der Waals surface area contributed by atoms with Crippen molar-refractivity contribution in [3.8, 4) is 0 Å². The number of nitrogens with one attached hydrogen (secondary N) is 2. The largest absolute Gasteiger partial charge is 0.358 e. The molecule has 2 rings (SSSR count). The normalized spacial score (nSPS) is 20.7. The van der Waals surface area contributed by atoms with Gasteiger partial charge in [-0.2, -0.15) is 0 Å². The quantitative estimate of drug-likeness (QED) is 0.785. The van der Waals surface area contributed by atoms with E-state index in [9.17, 15) is 4.79 Å². The molecule has 0 radical (unpaired) electrons. The van der Waals surface area contributed by atoms with Crippen LogP contribution in [-0.2, 0) is 11.3 Å². The number of amides is 1. The standard InChI is InChI=1S/C13H20N4O/c1-10-4-3-5-11(16-10)9-17-7-6-15-8-12(17)13(18)14-2/h3-5,12,15H,6-9H2,1-2H3,(H,14,18). The third-order valence-electron chi connectivity index (χ3n) is 3.21. The summed E-state index contributed by atoms with van der Waals surface area (Å²) in [5.74, 6) is 0.0647. The first kappa shape index (κ1) is 13.0. The molecule has 1 saturated heterocycles. The molecule has 2 N–H and O–H groups in total. The molecule has 98 valence electrons. The second kappa shape index (κ2) is 5.93. The molecule has 0 aromatic carbocycles. The fourth-order valence-electron chi connectivity index (χ4n) is 2.26. The molecular weight excluding hydrogens is 228 g/mol. The van der Waals surface area contributed by atoms with Gasteiger partial charge in [-0.15, -0.1) is 0 Å². The lowest BCUT2D eigenvalue weighted by molar-refractivity contribution is -0.126. The second-order valence-electron chi connectivity index (χ2n) is 4.57. The van der Waals surface area contributed by atoms with Gasteiger partial charge in [-0.3, -0.25) is 14.7 Å². The molecule has 5 nitrogen and oxygen atoms in total. The van der Waals surface area contributed by atoms with E-state index in [0.29, 0.717) is 6.54 Å². The molecule has 1 amide bonds. The van der Waals surface area contributed by atoms with Crippen LogP contribution in [0.25, 0.3) is 0 Å². The van der Waals surface area contributed by atoms with Crippen LogP contribution in [0.5, 0.6) is 0 Å². The summed E-state index contributed by atoms with van der Waals surface area (Å²) in [6.07, 6.45) is 0. The fraction of sp³-hybridized carbons (Fsp3) is 0.538. The Morgan fingerprint density at radius 1 is 1.61 bits per heavy atom. The van der Waals surface area contributed by atoms with Crippen molar-refractivity contribution in [3.05, 3.63) is 29.6 Å². The van der Waals surface area contributed by atoms with Gasteiger partial charge in [0.25, 0.3) is 0 Å². The SMILES string of the molecule is CNC(=O)C1CNCCN1Cc1cccc(C)n1. The number of carbonyl (C=O) groups excluding carboxylic acids is 1. The number of likely N-dealkylation sites (N-methyl/N-ethyl adjacent to an activating group) is 1. The third kappa shape index (κ3) is 3.05. The maximum Gasteiger partial charge on any atom is 0.238 e. The number of aromatic nitrogens is 1. The van der Waals surface area contributed by atoms with Crippen molar-refractivity contribution in [2.75, 3.05) is 26.7 Å². The summed E-state index contributed by atoms with van der Waals surface area (Å²) in [6.45, 7) is 5.19. The van der Waals surface area contributed by atoms with E-state index in [0.717, 1.165) is 31.0 Å². The summed E-state index contributed by atoms with van der Waals surface area (Å²) in [5, 5.41) is 5.98. The van der Waals surface area contributed by atoms with Crippen LogP contribution in [-0.4, -0.2) is 48.5 Å². The van der Waals surface area contributed by atoms with Crippen LogP contribution in [0.3, 0.4) is 0 Å². The lowest BCUT2D eigenvalue weighted by atomic mass is 10.1. The Balaban J connectivity index is 2.07. The first-order chi connectivity index (χ1) is 8.70. The molecule has 0 saturated carbocycles. The summed E-state index contributed by atoms with van der Waals surface area (Å²) in [5.41, 5.74) is 2.03. The molecule has 0 aliphatic carbocycles. The zero-order valence-electron chi connectivity index (χ0n) is 10.9. The molecule has 1 unspecified atom stereocenters. The average Bonchev–Trinajstić information content (AvgIpc) is 2.38. The first-order valence-corrected chi connectivity index (χ1v) is 6.29. The molecule has 1 atom stereocenters. The van der Waals surface area contributed by atoms with Gasteiger partial charge in [0.1, 0.15) is 6.04 Å². The fourth-order valence-corrected chi connectivity index (χ4v) is 2.26. The molecule has 2 heterocycles. The maximum absolute atomic E-state index is 11.8. The highest BCUT2D eigenvalue weighted by atomic mass is 16.2. The van der Waals surface area contributed by atoms with E-state index in [1.54, 1.807) is 7.05 Å². The predicted octanol–water partition coefficient (Wildman–Crippen LogP) is -0.0902. The summed E-state index contributed by atoms with van der Waals surface area (Å²) in [4.78, 5) is 18.5. The topological polar surface area (TPSA) is 57.3 Å². The lowest BCUT2D eigenvalue weighted by Gasteiger charge is -2.34. The molecule has 1 fully saturated rings. The highest BCUT2D eigenvalue weighted by Gasteiger charge is 2.27. The van der Waals surface area contributed by atoms with Gasteiger partial charge < -0.3 is 10.6 Å². The summed E-state index contributed by atoms with van der Waals surface area (Å²) in [6, 6.07) is 5.90. The van der Waals surface area contributed by atoms with Gasteiger partial charge in [-0.1, -0.05) is 6.07 Å². The molecule has 18 heavy (non-hydrogen) atoms. The highest BCUT2D eigenvalue weighted by molar-refractivity contribution is 5.81. The molecule has 1 aromatic rings. The number of nitrogens with zero attached hydrogens (tertiary/aromatic N) is 2. The molecule has 1 aliphatic rings. The number of carbonyl (C=O) groups is 1. The van der Waals surface area contributed by atoms with Gasteiger partial charge >= 0.3 is 0 Å². The van der Waals surface area contributed by atoms with E-state index < -0.39 is 0 Å². The minimum atomic E-state index is -0.105. The van der Waals surface area contributed by atoms with Gasteiger partial charge in [0.05, 0.1) is 5.69 Å². The monoisotopic (exact) mass is 248 g/mol. The Morgan fingerprint density at radius 2 is 2.44 bits per heavy atom. The van der Waals surface area contributed by atoms with Crippen molar-refractivity contribution in [2.24, 2.45) is 0 Å². The second-order valence-corrected chi connectivity index (χ2v) is 4.57. The van der Waals surface area contributed by atoms with E-state index in [-0.39, 0.29) is 11.9 Å². The number of aryl methyl sites for hydroxylation is 1. The molecular formula is C13H20N4O. The third-order valence-corrected chi connectivity index (χ3v) is 3.21. The number of rotatable bonds is 3. The first-order valence-electron chi connectivity index (χ1n) is 6.29. The number of pyridine rings is 1. The summed E-state index contributed by atoms with van der Waals surface area (Å²) in [7, 11) is 1.68. The van der Waals surface area contributed by atoms with Crippen LogP contribution in [0, 0.1) is 6.92 Å². The van der Waals surface area contributed by atoms with Crippen LogP contribution >= 0.6 is 0 Å². The van der Waals surface area contributed by atoms with Crippen LogP contribution in [0.15, 0.2) is 18.2 Å². The van der Waals surface area contributed by atoms with Gasteiger partial charge in [0.2, 0.25) is 5.91 Å². The van der Waals surface area contributed by atoms with Crippen molar-refractivity contribution in [2.45, 2.75) is 19.5 Å². The number of hydrogen-bond acceptors (Lipinski definition) is 4. The molecule has 1 aromatic heterocycles. The Hall–Kier alpha value is -1.46. The van der Waals surface area contributed by atoms with Crippen LogP contribution in [0.1, 0.15) is 11.4 Å². The van der Waals surface area contributed by atoms with Crippen molar-refractivity contribution in [3.63, 3.8) is 0 Å². The number of piperazine rings is 1. The average molecular weight is 248 g/mol. The highest BCUT2D eigenvalue weighted by Crippen LogP contribution is 2.09. The van der Waals surface area contributed by atoms with Gasteiger partial charge in [0, 0.05) is 38.9 Å². The summed E-state index contributed by atoms with van der Waals surface area (Å²) >= 11 is 0. The van der Waals surface area contributed by atoms with Crippen LogP contribution < -0.4 is 10.6 Å². The molecule has 1 aliphatic heterocycles. The van der Waals surface area contributed by atoms with Crippen molar-refractivity contribution < 1.29 is 4.79 Å². The van der Waals surface area contributed by atoms with E-state index in [4.69, 9.17) is 0 Å². The van der Waals surface area contributed by atoms with E-state index in [1.807, 2.05) is 25.1 Å². The van der Waals surface area contributed by atoms with Crippen molar-refractivity contribution in [1.29, 1.82) is 0 Å². The zero-order valence-corrected chi connectivity index (χ0v) is 10.9. The van der Waals surface area contributed by atoms with Crippen molar-refractivity contribution in [1.82, 2.24) is 20.5 Å². The van der Waals surface area contributed by atoms with Gasteiger partial charge in [-0.05, 0) is 19.1 Å². The molecule has 5 heteroatoms. The maximum atomic E-state index is 11.8. The Bertz CT molecular complexity index is 421. The summed E-state index contributed by atoms with van der Waals surface area (Å²) < 4.78 is 0. The Labute approximate surface area is 108 Å². The molecule has 0 bridgehead atoms. The smallest absolute Gasteiger partial charge is 0.238 e. The van der Waals surface area contributed by atoms with E-state index in [2.05, 4.69) is 20.5 Å². The zero-order chi connectivity index (χ0) is 13.0. The lowest BCUT2D eigenvalue weighted by Crippen LogP contribution is -2.56. The predicted molar refractivity (Wildman–Crippen MR) is 70.1 cm³/mol. The van der Waals surface area contributed by atoms with Crippen molar-refractivity contribution >= 4 is 5.91 Å². The van der Waals surface area contributed by atoms with E-state index >= 15 is 0 Å². The Kier molecular flexibility index (Phi) is 4.28. The number of hydrogen-bond donors (Lipinski definition) is 2. The van der Waals surface area contributed by atoms with Gasteiger partial charge in [0.15, 0.2) is 0 Å². The minimum Gasteiger partial charge on any atom is -0.358 e. The van der Waals surface area contributed by atoms with E-state index in [1.165, 1.54) is 0 Å². The molecule has 0 spiro atoms. The van der Waals surface area contributed by atoms with Gasteiger partial charge in [-0.25, -0.2) is 0 Å². The van der Waals surface area contributed by atoms with Crippen LogP contribution in [0.2, 0.25) is 0 Å².